The lowest BCUT2D eigenvalue weighted by atomic mass is 9.96. The van der Waals surface area contributed by atoms with E-state index in [0.717, 1.165) is 0 Å². The van der Waals surface area contributed by atoms with Crippen molar-refractivity contribution in [3.63, 3.8) is 0 Å². The smallest absolute Gasteiger partial charge is 0.292 e. The Morgan fingerprint density at radius 3 is 2.29 bits per heavy atom. The molecule has 1 rings (SSSR count). The van der Waals surface area contributed by atoms with Crippen LogP contribution in [0.3, 0.4) is 0 Å². The largest absolute Gasteiger partial charge is 0.337 e. The highest BCUT2D eigenvalue weighted by atomic mass is 16.5. The van der Waals surface area contributed by atoms with Gasteiger partial charge in [0.05, 0.1) is 0 Å². The van der Waals surface area contributed by atoms with Gasteiger partial charge in [-0.2, -0.15) is 0 Å². The van der Waals surface area contributed by atoms with E-state index in [9.17, 15) is 4.79 Å². The predicted molar refractivity (Wildman–Crippen MR) is 51.8 cm³/mol. The summed E-state index contributed by atoms with van der Waals surface area (Å²) in [5.41, 5.74) is 5.96. The molecule has 3 N–H and O–H groups in total. The van der Waals surface area contributed by atoms with Gasteiger partial charge in [0.25, 0.3) is 5.91 Å². The van der Waals surface area contributed by atoms with Crippen molar-refractivity contribution in [3.05, 3.63) is 11.6 Å². The van der Waals surface area contributed by atoms with Crippen molar-refractivity contribution in [1.82, 2.24) is 5.06 Å². The van der Waals surface area contributed by atoms with E-state index < -0.39 is 17.0 Å². The van der Waals surface area contributed by atoms with Crippen molar-refractivity contribution in [2.24, 2.45) is 5.11 Å². The van der Waals surface area contributed by atoms with Crippen molar-refractivity contribution < 1.29 is 10.0 Å². The normalized spacial score (nSPS) is 24.5. The second-order valence-electron chi connectivity index (χ2n) is 4.52. The average Bonchev–Trinajstić information content (AvgIpc) is 2.25. The molecular weight excluding hydrogens is 182 g/mol. The van der Waals surface area contributed by atoms with Gasteiger partial charge in [0.15, 0.2) is 0 Å². The molecule has 0 spiro atoms. The summed E-state index contributed by atoms with van der Waals surface area (Å²) in [5.74, 6) is -0.558. The fourth-order valence-electron chi connectivity index (χ4n) is 1.82. The number of amides is 1. The molecule has 0 saturated carbocycles. The van der Waals surface area contributed by atoms with Gasteiger partial charge in [-0.15, -0.1) is 5.11 Å². The van der Waals surface area contributed by atoms with Crippen LogP contribution in [0.4, 0.5) is 0 Å². The summed E-state index contributed by atoms with van der Waals surface area (Å²) in [6.45, 7) is 7.27. The van der Waals surface area contributed by atoms with Gasteiger partial charge in [-0.05, 0) is 33.8 Å². The zero-order valence-electron chi connectivity index (χ0n) is 8.88. The molecule has 1 aliphatic rings. The summed E-state index contributed by atoms with van der Waals surface area (Å²) in [7, 11) is 0. The van der Waals surface area contributed by atoms with Crippen LogP contribution in [0.2, 0.25) is 0 Å². The minimum Gasteiger partial charge on any atom is -0.337 e. The van der Waals surface area contributed by atoms with E-state index in [1.807, 2.05) is 13.8 Å². The molecule has 0 aromatic carbocycles. The molecule has 1 aliphatic heterocycles. The standard InChI is InChI=1S/C9H15N3O2/c1-8(2)5-6(7(13)11-10)9(3,4)12(8)14/h5,10,14H,1-4H3/p+1. The maximum Gasteiger partial charge on any atom is 0.292 e. The molecule has 0 bridgehead atoms. The number of nitrogens with zero attached hydrogens (tertiary/aromatic N) is 2. The Balaban J connectivity index is 3.19. The molecule has 0 radical (unpaired) electrons. The van der Waals surface area contributed by atoms with Crippen LogP contribution < -0.4 is 0 Å². The van der Waals surface area contributed by atoms with Gasteiger partial charge in [0.1, 0.15) is 11.1 Å². The fraction of sp³-hybridized carbons (Fsp3) is 0.667. The maximum atomic E-state index is 11.3. The third kappa shape index (κ3) is 1.38. The zero-order chi connectivity index (χ0) is 11.1. The predicted octanol–water partition coefficient (Wildman–Crippen LogP) is 0.983. The molecule has 0 fully saturated rings. The number of hydrogen-bond acceptors (Lipinski definition) is 3. The molecule has 0 saturated heterocycles. The van der Waals surface area contributed by atoms with Crippen molar-refractivity contribution in [3.8, 4) is 0 Å². The quantitative estimate of drug-likeness (QED) is 0.503. The molecule has 0 aliphatic carbocycles. The summed E-state index contributed by atoms with van der Waals surface area (Å²) < 4.78 is 0. The topological polar surface area (TPSA) is 79.4 Å². The van der Waals surface area contributed by atoms with E-state index in [4.69, 9.17) is 10.7 Å². The van der Waals surface area contributed by atoms with Crippen LogP contribution >= 0.6 is 0 Å². The molecule has 78 valence electrons. The van der Waals surface area contributed by atoms with Gasteiger partial charge < -0.3 is 5.21 Å². The van der Waals surface area contributed by atoms with Crippen molar-refractivity contribution in [1.29, 1.82) is 5.53 Å². The summed E-state index contributed by atoms with van der Waals surface area (Å²) >= 11 is 0. The number of carbonyl (C=O) groups is 1. The van der Waals surface area contributed by atoms with Crippen LogP contribution in [0.15, 0.2) is 16.8 Å². The van der Waals surface area contributed by atoms with E-state index in [-0.39, 0.29) is 0 Å². The second kappa shape index (κ2) is 2.96. The number of nitrogens with one attached hydrogen (secondary N) is 1. The first-order chi connectivity index (χ1) is 6.23. The zero-order valence-corrected chi connectivity index (χ0v) is 8.88. The molecular formula is C9H16N3O2+. The third-order valence-corrected chi connectivity index (χ3v) is 2.62. The Bertz CT molecular complexity index is 318. The first-order valence-electron chi connectivity index (χ1n) is 4.40. The first kappa shape index (κ1) is 11.0. The van der Waals surface area contributed by atoms with E-state index >= 15 is 0 Å². The van der Waals surface area contributed by atoms with Crippen LogP contribution in [0, 0.1) is 5.53 Å². The second-order valence-corrected chi connectivity index (χ2v) is 4.52. The molecule has 0 atom stereocenters. The van der Waals surface area contributed by atoms with Gasteiger partial charge >= 0.3 is 0 Å². The molecule has 5 heteroatoms. The van der Waals surface area contributed by atoms with E-state index in [1.165, 1.54) is 5.06 Å². The lowest BCUT2D eigenvalue weighted by Crippen LogP contribution is -2.48. The number of hydrogen-bond donors (Lipinski definition) is 1. The minimum atomic E-state index is -0.675. The van der Waals surface area contributed by atoms with Crippen molar-refractivity contribution in [2.75, 3.05) is 0 Å². The van der Waals surface area contributed by atoms with Gasteiger partial charge in [-0.25, -0.2) is 5.53 Å². The lowest BCUT2D eigenvalue weighted by molar-refractivity contribution is -0.185. The van der Waals surface area contributed by atoms with E-state index in [1.54, 1.807) is 19.9 Å². The van der Waals surface area contributed by atoms with Crippen molar-refractivity contribution in [2.45, 2.75) is 38.8 Å². The van der Waals surface area contributed by atoms with E-state index in [2.05, 4.69) is 5.11 Å². The fourth-order valence-corrected chi connectivity index (χ4v) is 1.82. The van der Waals surface area contributed by atoms with Crippen LogP contribution in [-0.4, -0.2) is 27.3 Å². The molecule has 1 heterocycles. The van der Waals surface area contributed by atoms with Crippen LogP contribution in [0.5, 0.6) is 0 Å². The number of hydroxylamine groups is 2. The molecule has 14 heavy (non-hydrogen) atoms. The molecule has 1 amide bonds. The summed E-state index contributed by atoms with van der Waals surface area (Å²) in [6, 6.07) is 0. The van der Waals surface area contributed by atoms with Gasteiger partial charge in [-0.1, -0.05) is 5.06 Å². The van der Waals surface area contributed by atoms with Crippen LogP contribution in [-0.2, 0) is 4.79 Å². The molecule has 0 unspecified atom stereocenters. The average molecular weight is 198 g/mol. The molecule has 0 aromatic heterocycles. The SMILES string of the molecule is CC1(C)C=C(C(=O)N=N)C(C)(C)N1[OH2+]. The third-order valence-electron chi connectivity index (χ3n) is 2.62. The van der Waals surface area contributed by atoms with Gasteiger partial charge in [0, 0.05) is 5.57 Å². The Kier molecular flexibility index (Phi) is 2.33. The highest BCUT2D eigenvalue weighted by Gasteiger charge is 2.51. The van der Waals surface area contributed by atoms with Gasteiger partial charge in [0.2, 0.25) is 0 Å². The summed E-state index contributed by atoms with van der Waals surface area (Å²) in [5, 5.41) is 12.1. The molecule has 0 aromatic rings. The van der Waals surface area contributed by atoms with E-state index in [0.29, 0.717) is 5.57 Å². The Morgan fingerprint density at radius 1 is 1.50 bits per heavy atom. The number of carbonyl (C=O) groups excluding carboxylic acids is 1. The van der Waals surface area contributed by atoms with Crippen LogP contribution in [0.25, 0.3) is 0 Å². The minimum absolute atomic E-state index is 0.424. The van der Waals surface area contributed by atoms with Gasteiger partial charge in [-0.3, -0.25) is 4.79 Å². The van der Waals surface area contributed by atoms with Crippen LogP contribution in [0.1, 0.15) is 27.7 Å². The summed E-state index contributed by atoms with van der Waals surface area (Å²) in [4.78, 5) is 11.3. The maximum absolute atomic E-state index is 11.3. The summed E-state index contributed by atoms with van der Waals surface area (Å²) in [6.07, 6.45) is 1.71. The lowest BCUT2D eigenvalue weighted by Gasteiger charge is -2.30. The van der Waals surface area contributed by atoms with Crippen molar-refractivity contribution >= 4 is 5.91 Å². The Labute approximate surface area is 82.9 Å². The molecule has 5 nitrogen and oxygen atoms in total. The first-order valence-corrected chi connectivity index (χ1v) is 4.40. The Hall–Kier alpha value is -1.07. The highest BCUT2D eigenvalue weighted by Crippen LogP contribution is 2.38. The highest BCUT2D eigenvalue weighted by molar-refractivity contribution is 5.96. The Morgan fingerprint density at radius 2 is 2.00 bits per heavy atom. The number of rotatable bonds is 1. The monoisotopic (exact) mass is 198 g/mol.